The van der Waals surface area contributed by atoms with Gasteiger partial charge in [0, 0.05) is 17.3 Å². The van der Waals surface area contributed by atoms with Crippen molar-refractivity contribution in [3.8, 4) is 11.3 Å². The number of carbonyl (C=O) groups is 1. The molecule has 1 aromatic heterocycles. The summed E-state index contributed by atoms with van der Waals surface area (Å²) in [6.07, 6.45) is 7.18. The summed E-state index contributed by atoms with van der Waals surface area (Å²) in [5.74, 6) is 2.46. The Kier molecular flexibility index (Phi) is 3.52. The molecule has 0 radical (unpaired) electrons. The van der Waals surface area contributed by atoms with Gasteiger partial charge < -0.3 is 5.32 Å². The van der Waals surface area contributed by atoms with Crippen molar-refractivity contribution < 1.29 is 4.79 Å². The van der Waals surface area contributed by atoms with Gasteiger partial charge in [-0.05, 0) is 74.5 Å². The van der Waals surface area contributed by atoms with Crippen LogP contribution in [0.2, 0.25) is 0 Å². The zero-order chi connectivity index (χ0) is 17.7. The van der Waals surface area contributed by atoms with Crippen molar-refractivity contribution >= 4 is 11.6 Å². The molecule has 0 unspecified atom stereocenters. The van der Waals surface area contributed by atoms with E-state index in [1.165, 1.54) is 25.3 Å². The van der Waals surface area contributed by atoms with Gasteiger partial charge in [-0.2, -0.15) is 5.10 Å². The van der Waals surface area contributed by atoms with Crippen LogP contribution in [0.4, 0.5) is 5.69 Å². The molecule has 4 aliphatic rings. The topological polar surface area (TPSA) is 74.8 Å². The third kappa shape index (κ3) is 2.66. The van der Waals surface area contributed by atoms with Gasteiger partial charge in [-0.3, -0.25) is 9.59 Å². The van der Waals surface area contributed by atoms with Crippen molar-refractivity contribution in [1.82, 2.24) is 10.2 Å². The Morgan fingerprint density at radius 2 is 1.73 bits per heavy atom. The molecule has 0 spiro atoms. The molecular formula is C21H23N3O2. The lowest BCUT2D eigenvalue weighted by molar-refractivity contribution is -0.140. The second-order valence-corrected chi connectivity index (χ2v) is 8.54. The van der Waals surface area contributed by atoms with Crippen LogP contribution in [0.25, 0.3) is 11.3 Å². The highest BCUT2D eigenvalue weighted by Crippen LogP contribution is 2.60. The first-order valence-corrected chi connectivity index (χ1v) is 9.57. The van der Waals surface area contributed by atoms with Crippen molar-refractivity contribution in [1.29, 1.82) is 0 Å². The van der Waals surface area contributed by atoms with Crippen molar-refractivity contribution in [2.45, 2.75) is 38.5 Å². The van der Waals surface area contributed by atoms with Gasteiger partial charge >= 0.3 is 0 Å². The van der Waals surface area contributed by atoms with Crippen LogP contribution in [0.1, 0.15) is 38.5 Å². The summed E-state index contributed by atoms with van der Waals surface area (Å²) in [6.45, 7) is 0. The highest BCUT2D eigenvalue weighted by molar-refractivity contribution is 5.96. The Morgan fingerprint density at radius 1 is 1.04 bits per heavy atom. The van der Waals surface area contributed by atoms with E-state index in [9.17, 15) is 9.59 Å². The SMILES string of the molecule is O=C(Nc1cccc(-c2ccc(=O)[nH]n2)c1)C12CC3CC(CC(C3)C1)C2. The number of H-pyrrole nitrogens is 1. The zero-order valence-electron chi connectivity index (χ0n) is 14.7. The molecule has 4 fully saturated rings. The predicted octanol–water partition coefficient (Wildman–Crippen LogP) is 3.59. The van der Waals surface area contributed by atoms with E-state index in [0.717, 1.165) is 48.3 Å². The van der Waals surface area contributed by atoms with E-state index in [1.54, 1.807) is 6.07 Å². The standard InChI is InChI=1S/C21H23N3O2/c25-19-5-4-18(23-24-19)16-2-1-3-17(9-16)22-20(26)21-10-13-6-14(11-21)8-15(7-13)12-21/h1-5,9,13-15H,6-8,10-12H2,(H,22,26)(H,24,25). The molecule has 5 nitrogen and oxygen atoms in total. The number of carbonyl (C=O) groups excluding carboxylic acids is 1. The molecule has 134 valence electrons. The summed E-state index contributed by atoms with van der Waals surface area (Å²) >= 11 is 0. The summed E-state index contributed by atoms with van der Waals surface area (Å²) < 4.78 is 0. The first-order chi connectivity index (χ1) is 12.6. The molecule has 2 aromatic rings. The molecule has 5 heteroatoms. The average molecular weight is 349 g/mol. The Hall–Kier alpha value is -2.43. The minimum absolute atomic E-state index is 0.152. The van der Waals surface area contributed by atoms with Gasteiger partial charge in [0.25, 0.3) is 5.56 Å². The number of hydrogen-bond donors (Lipinski definition) is 2. The largest absolute Gasteiger partial charge is 0.326 e. The maximum absolute atomic E-state index is 13.2. The van der Waals surface area contributed by atoms with Gasteiger partial charge in [0.15, 0.2) is 0 Å². The lowest BCUT2D eigenvalue weighted by Crippen LogP contribution is -2.51. The summed E-state index contributed by atoms with van der Waals surface area (Å²) in [5, 5.41) is 9.71. The summed E-state index contributed by atoms with van der Waals surface area (Å²) in [7, 11) is 0. The van der Waals surface area contributed by atoms with Crippen LogP contribution < -0.4 is 10.9 Å². The summed E-state index contributed by atoms with van der Waals surface area (Å²) in [5.41, 5.74) is 2.00. The minimum atomic E-state index is -0.222. The van der Waals surface area contributed by atoms with E-state index >= 15 is 0 Å². The Labute approximate surface area is 152 Å². The van der Waals surface area contributed by atoms with Crippen LogP contribution in [0.3, 0.4) is 0 Å². The monoisotopic (exact) mass is 349 g/mol. The molecule has 1 aromatic carbocycles. The van der Waals surface area contributed by atoms with Crippen LogP contribution in [-0.4, -0.2) is 16.1 Å². The first-order valence-electron chi connectivity index (χ1n) is 9.57. The molecular weight excluding hydrogens is 326 g/mol. The van der Waals surface area contributed by atoms with E-state index in [2.05, 4.69) is 15.5 Å². The molecule has 4 aliphatic carbocycles. The van der Waals surface area contributed by atoms with Gasteiger partial charge in [-0.15, -0.1) is 0 Å². The van der Waals surface area contributed by atoms with E-state index < -0.39 is 0 Å². The van der Waals surface area contributed by atoms with Crippen LogP contribution in [0.15, 0.2) is 41.2 Å². The lowest BCUT2D eigenvalue weighted by Gasteiger charge is -2.55. The van der Waals surface area contributed by atoms with E-state index in [4.69, 9.17) is 0 Å². The number of hydrogen-bond acceptors (Lipinski definition) is 3. The molecule has 6 rings (SSSR count). The second kappa shape index (κ2) is 5.79. The predicted molar refractivity (Wildman–Crippen MR) is 99.5 cm³/mol. The smallest absolute Gasteiger partial charge is 0.264 e. The quantitative estimate of drug-likeness (QED) is 0.889. The van der Waals surface area contributed by atoms with E-state index in [1.807, 2.05) is 24.3 Å². The normalized spacial score (nSPS) is 31.8. The molecule has 0 aliphatic heterocycles. The number of aromatic nitrogens is 2. The van der Waals surface area contributed by atoms with Crippen molar-refractivity contribution in [2.75, 3.05) is 5.32 Å². The first kappa shape index (κ1) is 15.8. The van der Waals surface area contributed by atoms with Crippen LogP contribution in [0, 0.1) is 23.2 Å². The van der Waals surface area contributed by atoms with Gasteiger partial charge in [0.2, 0.25) is 5.91 Å². The number of benzene rings is 1. The number of amides is 1. The molecule has 0 saturated heterocycles. The number of rotatable bonds is 3. The van der Waals surface area contributed by atoms with Crippen LogP contribution >= 0.6 is 0 Å². The third-order valence-corrected chi connectivity index (χ3v) is 6.62. The third-order valence-electron chi connectivity index (χ3n) is 6.62. The molecule has 26 heavy (non-hydrogen) atoms. The highest BCUT2D eigenvalue weighted by atomic mass is 16.2. The minimum Gasteiger partial charge on any atom is -0.326 e. The molecule has 0 atom stereocenters. The number of aromatic amines is 1. The van der Waals surface area contributed by atoms with Gasteiger partial charge in [-0.25, -0.2) is 5.10 Å². The molecule has 4 saturated carbocycles. The fourth-order valence-corrected chi connectivity index (χ4v) is 5.91. The van der Waals surface area contributed by atoms with Gasteiger partial charge in [0.1, 0.15) is 0 Å². The highest BCUT2D eigenvalue weighted by Gasteiger charge is 2.54. The fraction of sp³-hybridized carbons (Fsp3) is 0.476. The average Bonchev–Trinajstić information content (AvgIpc) is 2.61. The molecule has 1 amide bonds. The lowest BCUT2D eigenvalue weighted by atomic mass is 9.49. The maximum atomic E-state index is 13.2. The zero-order valence-corrected chi connectivity index (χ0v) is 14.7. The summed E-state index contributed by atoms with van der Waals surface area (Å²) in [6, 6.07) is 10.9. The molecule has 1 heterocycles. The van der Waals surface area contributed by atoms with E-state index in [-0.39, 0.29) is 16.9 Å². The van der Waals surface area contributed by atoms with Crippen molar-refractivity contribution in [3.05, 3.63) is 46.8 Å². The number of nitrogens with one attached hydrogen (secondary N) is 2. The maximum Gasteiger partial charge on any atom is 0.264 e. The number of anilines is 1. The van der Waals surface area contributed by atoms with Crippen molar-refractivity contribution in [2.24, 2.45) is 23.2 Å². The number of nitrogens with zero attached hydrogens (tertiary/aromatic N) is 1. The van der Waals surface area contributed by atoms with Gasteiger partial charge in [0.05, 0.1) is 11.1 Å². The van der Waals surface area contributed by atoms with Gasteiger partial charge in [-0.1, -0.05) is 12.1 Å². The summed E-state index contributed by atoms with van der Waals surface area (Å²) in [4.78, 5) is 24.4. The fourth-order valence-electron chi connectivity index (χ4n) is 5.91. The van der Waals surface area contributed by atoms with E-state index in [0.29, 0.717) is 5.69 Å². The van der Waals surface area contributed by atoms with Crippen LogP contribution in [-0.2, 0) is 4.79 Å². The Balaban J connectivity index is 1.38. The molecule has 4 bridgehead atoms. The van der Waals surface area contributed by atoms with Crippen molar-refractivity contribution in [3.63, 3.8) is 0 Å². The Morgan fingerprint density at radius 3 is 2.35 bits per heavy atom. The second-order valence-electron chi connectivity index (χ2n) is 8.54. The Bertz CT molecular complexity index is 862. The molecule has 2 N–H and O–H groups in total. The van der Waals surface area contributed by atoms with Crippen LogP contribution in [0.5, 0.6) is 0 Å².